The average Bonchev–Trinajstić information content (AvgIpc) is 2.83. The smallest absolute Gasteiger partial charge is 0.248 e. The van der Waals surface area contributed by atoms with Crippen LogP contribution in [0.1, 0.15) is 12.5 Å². The van der Waals surface area contributed by atoms with E-state index in [0.29, 0.717) is 5.82 Å². The van der Waals surface area contributed by atoms with Gasteiger partial charge in [-0.15, -0.1) is 0 Å². The summed E-state index contributed by atoms with van der Waals surface area (Å²) in [7, 11) is 1.76. The Morgan fingerprint density at radius 1 is 1.32 bits per heavy atom. The molecule has 0 spiro atoms. The molecule has 2 N–H and O–H groups in total. The first-order chi connectivity index (χ1) is 9.10. The Labute approximate surface area is 112 Å². The van der Waals surface area contributed by atoms with Crippen molar-refractivity contribution in [2.45, 2.75) is 19.9 Å². The van der Waals surface area contributed by atoms with Gasteiger partial charge in [0.15, 0.2) is 0 Å². The van der Waals surface area contributed by atoms with Crippen molar-refractivity contribution in [3.05, 3.63) is 42.1 Å². The summed E-state index contributed by atoms with van der Waals surface area (Å²) >= 11 is 0. The van der Waals surface area contributed by atoms with Crippen LogP contribution in [0, 0.1) is 0 Å². The molecule has 100 valence electrons. The molecule has 0 atom stereocenters. The molecule has 0 unspecified atom stereocenters. The lowest BCUT2D eigenvalue weighted by molar-refractivity contribution is -0.119. The summed E-state index contributed by atoms with van der Waals surface area (Å²) in [6.07, 6.45) is 2.69. The van der Waals surface area contributed by atoms with Crippen LogP contribution in [0.2, 0.25) is 0 Å². The fourth-order valence-electron chi connectivity index (χ4n) is 1.81. The summed E-state index contributed by atoms with van der Waals surface area (Å²) in [5, 5.41) is 4.00. The lowest BCUT2D eigenvalue weighted by Crippen LogP contribution is -2.30. The zero-order valence-corrected chi connectivity index (χ0v) is 11.2. The van der Waals surface area contributed by atoms with E-state index < -0.39 is 0 Å². The van der Waals surface area contributed by atoms with E-state index >= 15 is 0 Å². The highest BCUT2D eigenvalue weighted by Crippen LogP contribution is 2.14. The molecule has 2 rings (SSSR count). The summed E-state index contributed by atoms with van der Waals surface area (Å²) in [6, 6.07) is 9.64. The average molecular weight is 258 g/mol. The zero-order valence-electron chi connectivity index (χ0n) is 11.2. The van der Waals surface area contributed by atoms with Gasteiger partial charge in [-0.05, 0) is 30.2 Å². The molecule has 0 saturated heterocycles. The molecule has 1 heterocycles. The van der Waals surface area contributed by atoms with Crippen molar-refractivity contribution in [1.82, 2.24) is 9.78 Å². The van der Waals surface area contributed by atoms with Crippen LogP contribution in [0.4, 0.5) is 11.5 Å². The Hall–Kier alpha value is -2.30. The standard InChI is InChI=1S/C14H18N4O/c1-3-11-4-6-12(7-5-11)17(2)14(19)10-18-9-8-13(15)16-18/h4-9H,3,10H2,1-2H3,(H2,15,16). The number of benzene rings is 1. The van der Waals surface area contributed by atoms with Crippen molar-refractivity contribution in [3.63, 3.8) is 0 Å². The van der Waals surface area contributed by atoms with E-state index in [0.717, 1.165) is 12.1 Å². The van der Waals surface area contributed by atoms with E-state index in [9.17, 15) is 4.79 Å². The molecule has 1 amide bonds. The number of amides is 1. The van der Waals surface area contributed by atoms with E-state index in [-0.39, 0.29) is 12.5 Å². The summed E-state index contributed by atoms with van der Waals surface area (Å²) in [4.78, 5) is 13.7. The number of hydrogen-bond donors (Lipinski definition) is 1. The minimum absolute atomic E-state index is 0.0349. The number of nitrogen functional groups attached to an aromatic ring is 1. The van der Waals surface area contributed by atoms with Crippen LogP contribution in [0.5, 0.6) is 0 Å². The SMILES string of the molecule is CCc1ccc(N(C)C(=O)Cn2ccc(N)n2)cc1. The Morgan fingerprint density at radius 2 is 2.00 bits per heavy atom. The summed E-state index contributed by atoms with van der Waals surface area (Å²) in [5.41, 5.74) is 7.65. The second-order valence-corrected chi connectivity index (χ2v) is 4.41. The Kier molecular flexibility index (Phi) is 3.85. The van der Waals surface area contributed by atoms with Crippen LogP contribution in [0.15, 0.2) is 36.5 Å². The van der Waals surface area contributed by atoms with Gasteiger partial charge in [0.2, 0.25) is 5.91 Å². The topological polar surface area (TPSA) is 64.2 Å². The van der Waals surface area contributed by atoms with Gasteiger partial charge in [-0.25, -0.2) is 0 Å². The summed E-state index contributed by atoms with van der Waals surface area (Å²) in [6.45, 7) is 2.29. The first-order valence-corrected chi connectivity index (χ1v) is 6.24. The quantitative estimate of drug-likeness (QED) is 0.907. The molecule has 5 heteroatoms. The molecule has 0 bridgehead atoms. The van der Waals surface area contributed by atoms with E-state index in [1.807, 2.05) is 24.3 Å². The molecular weight excluding hydrogens is 240 g/mol. The monoisotopic (exact) mass is 258 g/mol. The molecule has 1 aromatic carbocycles. The number of aryl methyl sites for hydroxylation is 1. The van der Waals surface area contributed by atoms with Gasteiger partial charge in [0.25, 0.3) is 0 Å². The maximum Gasteiger partial charge on any atom is 0.248 e. The highest BCUT2D eigenvalue weighted by atomic mass is 16.2. The Morgan fingerprint density at radius 3 is 2.53 bits per heavy atom. The van der Waals surface area contributed by atoms with Crippen LogP contribution < -0.4 is 10.6 Å². The van der Waals surface area contributed by atoms with Gasteiger partial charge in [-0.1, -0.05) is 19.1 Å². The molecule has 0 fully saturated rings. The maximum atomic E-state index is 12.1. The molecular formula is C14H18N4O. The summed E-state index contributed by atoms with van der Waals surface area (Å²) in [5.74, 6) is 0.384. The number of carbonyl (C=O) groups excluding carboxylic acids is 1. The zero-order chi connectivity index (χ0) is 13.8. The molecule has 1 aromatic heterocycles. The van der Waals surface area contributed by atoms with Gasteiger partial charge in [0, 0.05) is 18.9 Å². The van der Waals surface area contributed by atoms with Crippen LogP contribution in [0.3, 0.4) is 0 Å². The fourth-order valence-corrected chi connectivity index (χ4v) is 1.81. The van der Waals surface area contributed by atoms with Gasteiger partial charge in [-0.3, -0.25) is 9.48 Å². The van der Waals surface area contributed by atoms with Crippen molar-refractivity contribution in [1.29, 1.82) is 0 Å². The van der Waals surface area contributed by atoms with Crippen molar-refractivity contribution in [2.24, 2.45) is 0 Å². The van der Waals surface area contributed by atoms with Crippen LogP contribution >= 0.6 is 0 Å². The number of carbonyl (C=O) groups is 1. The largest absolute Gasteiger partial charge is 0.382 e. The van der Waals surface area contributed by atoms with Crippen molar-refractivity contribution < 1.29 is 4.79 Å². The first-order valence-electron chi connectivity index (χ1n) is 6.24. The highest BCUT2D eigenvalue weighted by Gasteiger charge is 2.11. The molecule has 2 aromatic rings. The van der Waals surface area contributed by atoms with E-state index in [2.05, 4.69) is 12.0 Å². The van der Waals surface area contributed by atoms with E-state index in [1.54, 1.807) is 24.2 Å². The van der Waals surface area contributed by atoms with Crippen LogP contribution in [-0.4, -0.2) is 22.7 Å². The number of anilines is 2. The number of likely N-dealkylation sites (N-methyl/N-ethyl adjacent to an activating group) is 1. The van der Waals surface area contributed by atoms with Gasteiger partial charge in [0.1, 0.15) is 12.4 Å². The van der Waals surface area contributed by atoms with Gasteiger partial charge in [-0.2, -0.15) is 5.10 Å². The fraction of sp³-hybridized carbons (Fsp3) is 0.286. The molecule has 19 heavy (non-hydrogen) atoms. The second kappa shape index (κ2) is 5.56. The lowest BCUT2D eigenvalue weighted by Gasteiger charge is -2.17. The number of rotatable bonds is 4. The second-order valence-electron chi connectivity index (χ2n) is 4.41. The third-order valence-corrected chi connectivity index (χ3v) is 3.06. The van der Waals surface area contributed by atoms with Crippen molar-refractivity contribution in [3.8, 4) is 0 Å². The van der Waals surface area contributed by atoms with Gasteiger partial charge < -0.3 is 10.6 Å². The predicted octanol–water partition coefficient (Wildman–Crippen LogP) is 1.69. The molecule has 0 aliphatic rings. The van der Waals surface area contributed by atoms with Crippen molar-refractivity contribution in [2.75, 3.05) is 17.7 Å². The summed E-state index contributed by atoms with van der Waals surface area (Å²) < 4.78 is 1.54. The first kappa shape index (κ1) is 13.1. The lowest BCUT2D eigenvalue weighted by atomic mass is 10.1. The van der Waals surface area contributed by atoms with Crippen molar-refractivity contribution >= 4 is 17.4 Å². The van der Waals surface area contributed by atoms with Gasteiger partial charge in [0.05, 0.1) is 0 Å². The highest BCUT2D eigenvalue weighted by molar-refractivity contribution is 5.92. The van der Waals surface area contributed by atoms with Crippen LogP contribution in [-0.2, 0) is 17.8 Å². The maximum absolute atomic E-state index is 12.1. The normalized spacial score (nSPS) is 10.4. The Bertz CT molecular complexity index is 559. The van der Waals surface area contributed by atoms with Crippen LogP contribution in [0.25, 0.3) is 0 Å². The number of aromatic nitrogens is 2. The third-order valence-electron chi connectivity index (χ3n) is 3.06. The third kappa shape index (κ3) is 3.13. The number of nitrogens with two attached hydrogens (primary N) is 1. The minimum atomic E-state index is -0.0349. The molecule has 0 aliphatic carbocycles. The number of hydrogen-bond acceptors (Lipinski definition) is 3. The molecule has 0 aliphatic heterocycles. The molecule has 0 radical (unpaired) electrons. The number of nitrogens with zero attached hydrogens (tertiary/aromatic N) is 3. The minimum Gasteiger partial charge on any atom is -0.382 e. The van der Waals surface area contributed by atoms with E-state index in [1.165, 1.54) is 10.2 Å². The van der Waals surface area contributed by atoms with Gasteiger partial charge >= 0.3 is 0 Å². The predicted molar refractivity (Wildman–Crippen MR) is 75.9 cm³/mol. The Balaban J connectivity index is 2.05. The molecule has 0 saturated carbocycles. The molecule has 5 nitrogen and oxygen atoms in total. The van der Waals surface area contributed by atoms with E-state index in [4.69, 9.17) is 5.73 Å².